The molecule has 0 saturated heterocycles. The lowest BCUT2D eigenvalue weighted by molar-refractivity contribution is 0.249. The summed E-state index contributed by atoms with van der Waals surface area (Å²) in [5.41, 5.74) is 2.88. The van der Waals surface area contributed by atoms with Crippen molar-refractivity contribution in [1.29, 1.82) is 0 Å². The Morgan fingerprint density at radius 2 is 1.90 bits per heavy atom. The molecular formula is C23H27N3O4S. The van der Waals surface area contributed by atoms with E-state index in [4.69, 9.17) is 9.73 Å². The Bertz CT molecular complexity index is 1110. The highest BCUT2D eigenvalue weighted by Crippen LogP contribution is 2.49. The maximum atomic E-state index is 11.7. The van der Waals surface area contributed by atoms with Gasteiger partial charge >= 0.3 is 0 Å². The molecule has 4 rings (SSSR count). The van der Waals surface area contributed by atoms with E-state index in [1.807, 2.05) is 55.6 Å². The SMILES string of the molecule is CCc1ccc2c(c1)N(C(CCS(=O)(=O)O)C1N=CC=CN1CC)c1ccccc1O2. The molecule has 2 unspecified atom stereocenters. The van der Waals surface area contributed by atoms with Gasteiger partial charge in [0, 0.05) is 19.0 Å². The van der Waals surface area contributed by atoms with E-state index in [-0.39, 0.29) is 24.4 Å². The van der Waals surface area contributed by atoms with E-state index >= 15 is 0 Å². The van der Waals surface area contributed by atoms with E-state index in [9.17, 15) is 13.0 Å². The molecule has 8 heteroatoms. The van der Waals surface area contributed by atoms with Crippen molar-refractivity contribution in [1.82, 2.24) is 4.90 Å². The van der Waals surface area contributed by atoms with Gasteiger partial charge in [-0.2, -0.15) is 8.42 Å². The summed E-state index contributed by atoms with van der Waals surface area (Å²) in [6, 6.07) is 13.5. The predicted octanol–water partition coefficient (Wildman–Crippen LogP) is 4.39. The quantitative estimate of drug-likeness (QED) is 0.642. The summed E-state index contributed by atoms with van der Waals surface area (Å²) in [6.07, 6.45) is 6.33. The normalized spacial score (nSPS) is 18.4. The molecule has 7 nitrogen and oxygen atoms in total. The summed E-state index contributed by atoms with van der Waals surface area (Å²) >= 11 is 0. The lowest BCUT2D eigenvalue weighted by atomic mass is 10.0. The van der Waals surface area contributed by atoms with Crippen LogP contribution >= 0.6 is 0 Å². The van der Waals surface area contributed by atoms with Crippen LogP contribution in [0.25, 0.3) is 0 Å². The first kappa shape index (κ1) is 21.4. The van der Waals surface area contributed by atoms with E-state index in [1.165, 1.54) is 0 Å². The van der Waals surface area contributed by atoms with Crippen molar-refractivity contribution in [3.63, 3.8) is 0 Å². The molecule has 0 saturated carbocycles. The Morgan fingerprint density at radius 1 is 1.13 bits per heavy atom. The molecule has 0 bridgehead atoms. The third-order valence-electron chi connectivity index (χ3n) is 5.69. The smallest absolute Gasteiger partial charge is 0.264 e. The number of benzene rings is 2. The molecule has 2 atom stereocenters. The van der Waals surface area contributed by atoms with Crippen LogP contribution < -0.4 is 9.64 Å². The molecule has 0 fully saturated rings. The van der Waals surface area contributed by atoms with Gasteiger partial charge in [0.15, 0.2) is 11.5 Å². The second-order valence-electron chi connectivity index (χ2n) is 7.62. The fourth-order valence-electron chi connectivity index (χ4n) is 4.16. The minimum Gasteiger partial charge on any atom is -0.453 e. The van der Waals surface area contributed by atoms with Gasteiger partial charge in [0.05, 0.1) is 23.2 Å². The molecule has 0 aromatic heterocycles. The molecule has 164 valence electrons. The van der Waals surface area contributed by atoms with E-state index in [2.05, 4.69) is 22.8 Å². The van der Waals surface area contributed by atoms with E-state index < -0.39 is 10.1 Å². The Balaban J connectivity index is 1.87. The summed E-state index contributed by atoms with van der Waals surface area (Å²) < 4.78 is 39.1. The standard InChI is InChI=1S/C23H27N3O4S/c1-3-17-10-11-22-20(16-17)26(18-8-5-6-9-21(18)30-22)19(12-15-31(27,28)29)23-24-13-7-14-25(23)4-2/h5-11,13-14,16,19,23H,3-4,12,15H2,1-2H3,(H,27,28,29). The number of aliphatic imine (C=N–C) groups is 1. The molecule has 2 aliphatic rings. The van der Waals surface area contributed by atoms with Gasteiger partial charge in [-0.25, -0.2) is 0 Å². The van der Waals surface area contributed by atoms with Crippen LogP contribution in [0.15, 0.2) is 59.7 Å². The maximum Gasteiger partial charge on any atom is 0.264 e. The number of ether oxygens (including phenoxy) is 1. The van der Waals surface area contributed by atoms with Gasteiger partial charge in [0.25, 0.3) is 10.1 Å². The summed E-state index contributed by atoms with van der Waals surface area (Å²) in [4.78, 5) is 8.91. The summed E-state index contributed by atoms with van der Waals surface area (Å²) in [5.74, 6) is 1.06. The summed E-state index contributed by atoms with van der Waals surface area (Å²) in [6.45, 7) is 4.84. The predicted molar refractivity (Wildman–Crippen MR) is 123 cm³/mol. The highest BCUT2D eigenvalue weighted by molar-refractivity contribution is 7.85. The lowest BCUT2D eigenvalue weighted by Crippen LogP contribution is -2.50. The Hall–Kier alpha value is -2.84. The zero-order valence-corrected chi connectivity index (χ0v) is 18.5. The van der Waals surface area contributed by atoms with Crippen LogP contribution in [0.4, 0.5) is 11.4 Å². The number of fused-ring (bicyclic) bond motifs is 2. The van der Waals surface area contributed by atoms with Gasteiger partial charge in [0.2, 0.25) is 0 Å². The second-order valence-corrected chi connectivity index (χ2v) is 9.19. The first-order valence-electron chi connectivity index (χ1n) is 10.5. The van der Waals surface area contributed by atoms with Crippen LogP contribution in [0.2, 0.25) is 0 Å². The minimum atomic E-state index is -4.13. The van der Waals surface area contributed by atoms with E-state index in [0.29, 0.717) is 18.0 Å². The van der Waals surface area contributed by atoms with Gasteiger partial charge in [0.1, 0.15) is 6.17 Å². The van der Waals surface area contributed by atoms with Crippen molar-refractivity contribution in [2.45, 2.75) is 38.9 Å². The van der Waals surface area contributed by atoms with Crippen molar-refractivity contribution < 1.29 is 17.7 Å². The third kappa shape index (κ3) is 4.45. The van der Waals surface area contributed by atoms with Crippen LogP contribution in [0.5, 0.6) is 11.5 Å². The van der Waals surface area contributed by atoms with Crippen molar-refractivity contribution in [3.05, 3.63) is 60.3 Å². The molecule has 2 aromatic carbocycles. The number of hydrogen-bond donors (Lipinski definition) is 1. The first-order valence-corrected chi connectivity index (χ1v) is 12.1. The highest BCUT2D eigenvalue weighted by atomic mass is 32.2. The largest absolute Gasteiger partial charge is 0.453 e. The molecule has 1 N–H and O–H groups in total. The van der Waals surface area contributed by atoms with Crippen LogP contribution in [0.3, 0.4) is 0 Å². The minimum absolute atomic E-state index is 0.204. The topological polar surface area (TPSA) is 82.4 Å². The van der Waals surface area contributed by atoms with Gasteiger partial charge in [-0.1, -0.05) is 25.1 Å². The van der Waals surface area contributed by atoms with Gasteiger partial charge in [-0.05, 0) is 55.7 Å². The van der Waals surface area contributed by atoms with Crippen LogP contribution in [-0.2, 0) is 16.5 Å². The van der Waals surface area contributed by atoms with Crippen molar-refractivity contribution in [3.8, 4) is 11.5 Å². The Morgan fingerprint density at radius 3 is 2.65 bits per heavy atom. The number of allylic oxidation sites excluding steroid dienone is 1. The molecule has 2 heterocycles. The number of para-hydroxylation sites is 2. The van der Waals surface area contributed by atoms with Crippen LogP contribution in [0, 0.1) is 0 Å². The maximum absolute atomic E-state index is 11.7. The third-order valence-corrected chi connectivity index (χ3v) is 6.44. The van der Waals surface area contributed by atoms with Crippen molar-refractivity contribution in [2.75, 3.05) is 17.2 Å². The van der Waals surface area contributed by atoms with Gasteiger partial charge in [-0.3, -0.25) is 9.55 Å². The lowest BCUT2D eigenvalue weighted by Gasteiger charge is -2.44. The average Bonchev–Trinajstić information content (AvgIpc) is 2.77. The molecular weight excluding hydrogens is 414 g/mol. The number of aryl methyl sites for hydroxylation is 1. The average molecular weight is 442 g/mol. The molecule has 2 aromatic rings. The van der Waals surface area contributed by atoms with Crippen molar-refractivity contribution >= 4 is 27.7 Å². The number of nitrogens with zero attached hydrogens (tertiary/aromatic N) is 3. The Kier molecular flexibility index (Phi) is 6.02. The van der Waals surface area contributed by atoms with Crippen molar-refractivity contribution in [2.24, 2.45) is 4.99 Å². The zero-order chi connectivity index (χ0) is 22.0. The molecule has 0 amide bonds. The fraction of sp³-hybridized carbons (Fsp3) is 0.348. The van der Waals surface area contributed by atoms with E-state index in [0.717, 1.165) is 23.4 Å². The number of anilines is 2. The number of rotatable bonds is 7. The number of hydrogen-bond acceptors (Lipinski definition) is 6. The van der Waals surface area contributed by atoms with Crippen LogP contribution in [0.1, 0.15) is 25.8 Å². The zero-order valence-electron chi connectivity index (χ0n) is 17.7. The monoisotopic (exact) mass is 441 g/mol. The summed E-state index contributed by atoms with van der Waals surface area (Å²) in [7, 11) is -4.13. The second kappa shape index (κ2) is 8.72. The molecule has 0 aliphatic carbocycles. The Labute approximate surface area is 183 Å². The van der Waals surface area contributed by atoms with E-state index in [1.54, 1.807) is 6.21 Å². The molecule has 31 heavy (non-hydrogen) atoms. The van der Waals surface area contributed by atoms with Gasteiger partial charge < -0.3 is 14.5 Å². The highest BCUT2D eigenvalue weighted by Gasteiger charge is 2.37. The summed E-state index contributed by atoms with van der Waals surface area (Å²) in [5, 5.41) is 0. The van der Waals surface area contributed by atoms with Gasteiger partial charge in [-0.15, -0.1) is 0 Å². The molecule has 0 radical (unpaired) electrons. The fourth-order valence-corrected chi connectivity index (χ4v) is 4.70. The van der Waals surface area contributed by atoms with Crippen LogP contribution in [-0.4, -0.2) is 48.6 Å². The molecule has 2 aliphatic heterocycles. The molecule has 0 spiro atoms. The number of likely N-dealkylation sites (N-methyl/N-ethyl adjacent to an activating group) is 1. The first-order chi connectivity index (χ1) is 14.9.